The first-order valence-electron chi connectivity index (χ1n) is 9.37. The Morgan fingerprint density at radius 3 is 2.75 bits per heavy atom. The van der Waals surface area contributed by atoms with E-state index in [-0.39, 0.29) is 24.0 Å². The maximum atomic E-state index is 5.48. The van der Waals surface area contributed by atoms with E-state index in [0.717, 1.165) is 64.4 Å². The predicted molar refractivity (Wildman–Crippen MR) is 110 cm³/mol. The number of nitrogens with zero attached hydrogens (tertiary/aromatic N) is 3. The minimum Gasteiger partial charge on any atom is -0.379 e. The Morgan fingerprint density at radius 2 is 2.04 bits per heavy atom. The number of hydrogen-bond donors (Lipinski definition) is 1. The average Bonchev–Trinajstić information content (AvgIpc) is 3.10. The molecule has 6 heteroatoms. The van der Waals surface area contributed by atoms with Gasteiger partial charge in [-0.05, 0) is 38.5 Å². The number of allylic oxidation sites excluding steroid dienone is 2. The highest BCUT2D eigenvalue weighted by molar-refractivity contribution is 14.0. The number of guanidine groups is 1. The van der Waals surface area contributed by atoms with Crippen LogP contribution in [0.25, 0.3) is 0 Å². The van der Waals surface area contributed by atoms with Crippen LogP contribution >= 0.6 is 24.0 Å². The summed E-state index contributed by atoms with van der Waals surface area (Å²) in [5.74, 6) is 1.85. The Balaban J connectivity index is 0.00000208. The quantitative estimate of drug-likeness (QED) is 0.310. The van der Waals surface area contributed by atoms with Crippen molar-refractivity contribution in [3.8, 4) is 0 Å². The molecule has 2 atom stereocenters. The lowest BCUT2D eigenvalue weighted by molar-refractivity contribution is 0.0195. The van der Waals surface area contributed by atoms with Gasteiger partial charge in [-0.15, -0.1) is 24.0 Å². The summed E-state index contributed by atoms with van der Waals surface area (Å²) in [6, 6.07) is 0.667. The Labute approximate surface area is 163 Å². The number of hydrogen-bond acceptors (Lipinski definition) is 3. The summed E-state index contributed by atoms with van der Waals surface area (Å²) in [5.41, 5.74) is 0. The zero-order valence-corrected chi connectivity index (χ0v) is 17.3. The normalized spacial score (nSPS) is 28.7. The zero-order valence-electron chi connectivity index (χ0n) is 15.0. The van der Waals surface area contributed by atoms with Crippen molar-refractivity contribution in [2.75, 3.05) is 52.5 Å². The lowest BCUT2D eigenvalue weighted by Crippen LogP contribution is -2.46. The number of rotatable bonds is 4. The van der Waals surface area contributed by atoms with E-state index in [1.54, 1.807) is 0 Å². The highest BCUT2D eigenvalue weighted by Crippen LogP contribution is 2.20. The summed E-state index contributed by atoms with van der Waals surface area (Å²) in [4.78, 5) is 10.0. The molecule has 138 valence electrons. The van der Waals surface area contributed by atoms with Gasteiger partial charge in [0.25, 0.3) is 0 Å². The molecule has 0 spiro atoms. The predicted octanol–water partition coefficient (Wildman–Crippen LogP) is 2.33. The third kappa shape index (κ3) is 5.59. The van der Waals surface area contributed by atoms with Crippen LogP contribution in [-0.4, -0.2) is 74.3 Å². The molecular weight excluding hydrogens is 415 g/mol. The third-order valence-corrected chi connectivity index (χ3v) is 5.24. The van der Waals surface area contributed by atoms with Gasteiger partial charge in [0.2, 0.25) is 0 Å². The molecule has 0 bridgehead atoms. The number of halogens is 1. The molecule has 2 aliphatic heterocycles. The molecular formula is C18H33IN4O. The first kappa shape index (κ1) is 20.0. The topological polar surface area (TPSA) is 40.1 Å². The van der Waals surface area contributed by atoms with Crippen LogP contribution in [0.1, 0.15) is 32.6 Å². The zero-order chi connectivity index (χ0) is 15.9. The minimum absolute atomic E-state index is 0. The van der Waals surface area contributed by atoms with Gasteiger partial charge in [-0.1, -0.05) is 12.2 Å². The summed E-state index contributed by atoms with van der Waals surface area (Å²) in [5, 5.41) is 3.50. The first-order chi connectivity index (χ1) is 11.4. The summed E-state index contributed by atoms with van der Waals surface area (Å²) in [6.07, 6.45) is 9.57. The Bertz CT molecular complexity index is 423. The van der Waals surface area contributed by atoms with E-state index in [2.05, 4.69) is 34.2 Å². The summed E-state index contributed by atoms with van der Waals surface area (Å²) in [7, 11) is 0. The van der Waals surface area contributed by atoms with Crippen LogP contribution in [0.2, 0.25) is 0 Å². The molecule has 0 aromatic rings. The smallest absolute Gasteiger partial charge is 0.193 e. The minimum atomic E-state index is 0. The lowest BCUT2D eigenvalue weighted by Gasteiger charge is -2.32. The molecule has 0 aromatic carbocycles. The third-order valence-electron chi connectivity index (χ3n) is 5.24. The maximum absolute atomic E-state index is 5.48. The average molecular weight is 448 g/mol. The van der Waals surface area contributed by atoms with Crippen LogP contribution in [0, 0.1) is 5.92 Å². The molecule has 2 fully saturated rings. The van der Waals surface area contributed by atoms with Crippen molar-refractivity contribution in [3.63, 3.8) is 0 Å². The van der Waals surface area contributed by atoms with Crippen LogP contribution < -0.4 is 5.32 Å². The standard InChI is InChI=1S/C18H32N4O.HI/c1-2-19-18(20-14-16-6-4-3-5-7-16)22-9-8-17(15-22)21-10-12-23-13-11-21;/h3-4,16-17H,2,5-15H2,1H3,(H,19,20);1H. The SMILES string of the molecule is CCNC(=NCC1CC=CCC1)N1CCC(N2CCOCC2)C1.I. The molecule has 1 aliphatic carbocycles. The van der Waals surface area contributed by atoms with Crippen molar-refractivity contribution in [2.45, 2.75) is 38.6 Å². The van der Waals surface area contributed by atoms with Crippen molar-refractivity contribution in [1.29, 1.82) is 0 Å². The molecule has 2 heterocycles. The van der Waals surface area contributed by atoms with Crippen LogP contribution in [0.4, 0.5) is 0 Å². The molecule has 0 radical (unpaired) electrons. The number of nitrogens with one attached hydrogen (secondary N) is 1. The van der Waals surface area contributed by atoms with E-state index in [4.69, 9.17) is 9.73 Å². The molecule has 0 aromatic heterocycles. The van der Waals surface area contributed by atoms with Crippen LogP contribution in [0.3, 0.4) is 0 Å². The Morgan fingerprint density at radius 1 is 1.21 bits per heavy atom. The van der Waals surface area contributed by atoms with Gasteiger partial charge < -0.3 is 15.0 Å². The fourth-order valence-electron chi connectivity index (χ4n) is 3.84. The fraction of sp³-hybridized carbons (Fsp3) is 0.833. The van der Waals surface area contributed by atoms with Crippen molar-refractivity contribution in [2.24, 2.45) is 10.9 Å². The number of morpholine rings is 1. The maximum Gasteiger partial charge on any atom is 0.193 e. The van der Waals surface area contributed by atoms with Crippen molar-refractivity contribution >= 4 is 29.9 Å². The highest BCUT2D eigenvalue weighted by atomic mass is 127. The fourth-order valence-corrected chi connectivity index (χ4v) is 3.84. The lowest BCUT2D eigenvalue weighted by atomic mass is 9.95. The van der Waals surface area contributed by atoms with E-state index < -0.39 is 0 Å². The van der Waals surface area contributed by atoms with Gasteiger partial charge in [0.15, 0.2) is 5.96 Å². The van der Waals surface area contributed by atoms with Crippen LogP contribution in [0.5, 0.6) is 0 Å². The molecule has 0 saturated carbocycles. The van der Waals surface area contributed by atoms with Gasteiger partial charge in [-0.25, -0.2) is 0 Å². The van der Waals surface area contributed by atoms with Crippen molar-refractivity contribution in [3.05, 3.63) is 12.2 Å². The van der Waals surface area contributed by atoms with Gasteiger partial charge in [0.1, 0.15) is 0 Å². The van der Waals surface area contributed by atoms with E-state index in [1.807, 2.05) is 0 Å². The van der Waals surface area contributed by atoms with E-state index >= 15 is 0 Å². The first-order valence-corrected chi connectivity index (χ1v) is 9.37. The molecule has 3 rings (SSSR count). The summed E-state index contributed by atoms with van der Waals surface area (Å²) < 4.78 is 5.48. The molecule has 2 saturated heterocycles. The van der Waals surface area contributed by atoms with Gasteiger partial charge >= 0.3 is 0 Å². The van der Waals surface area contributed by atoms with Gasteiger partial charge in [0, 0.05) is 45.3 Å². The second-order valence-electron chi connectivity index (χ2n) is 6.88. The van der Waals surface area contributed by atoms with Gasteiger partial charge in [0.05, 0.1) is 13.2 Å². The monoisotopic (exact) mass is 448 g/mol. The Kier molecular flexibility index (Phi) is 8.83. The summed E-state index contributed by atoms with van der Waals surface area (Å²) in [6.45, 7) is 10.2. The molecule has 2 unspecified atom stereocenters. The van der Waals surface area contributed by atoms with Crippen LogP contribution in [0.15, 0.2) is 17.1 Å². The van der Waals surface area contributed by atoms with E-state index in [0.29, 0.717) is 6.04 Å². The molecule has 3 aliphatic rings. The molecule has 1 N–H and O–H groups in total. The second-order valence-corrected chi connectivity index (χ2v) is 6.88. The largest absolute Gasteiger partial charge is 0.379 e. The Hall–Kier alpha value is -0.340. The number of ether oxygens (including phenoxy) is 1. The van der Waals surface area contributed by atoms with Crippen molar-refractivity contribution in [1.82, 2.24) is 15.1 Å². The van der Waals surface area contributed by atoms with E-state index in [1.165, 1.54) is 25.7 Å². The molecule has 24 heavy (non-hydrogen) atoms. The summed E-state index contributed by atoms with van der Waals surface area (Å²) >= 11 is 0. The van der Waals surface area contributed by atoms with Crippen LogP contribution in [-0.2, 0) is 4.74 Å². The molecule has 5 nitrogen and oxygen atoms in total. The molecule has 0 amide bonds. The number of likely N-dealkylation sites (tertiary alicyclic amines) is 1. The number of aliphatic imine (C=N–C) groups is 1. The van der Waals surface area contributed by atoms with Crippen molar-refractivity contribution < 1.29 is 4.74 Å². The highest BCUT2D eigenvalue weighted by Gasteiger charge is 2.30. The van der Waals surface area contributed by atoms with E-state index in [9.17, 15) is 0 Å². The van der Waals surface area contributed by atoms with Gasteiger partial charge in [-0.3, -0.25) is 9.89 Å². The second kappa shape index (κ2) is 10.6. The van der Waals surface area contributed by atoms with Gasteiger partial charge in [-0.2, -0.15) is 0 Å².